The third-order valence-electron chi connectivity index (χ3n) is 5.64. The molecule has 0 spiro atoms. The maximum Gasteiger partial charge on any atom is 0.133 e. The van der Waals surface area contributed by atoms with E-state index in [-0.39, 0.29) is 16.7 Å². The lowest BCUT2D eigenvalue weighted by Gasteiger charge is -2.42. The molecule has 0 bridgehead atoms. The minimum atomic E-state index is -0.122. The molecule has 24 heavy (non-hydrogen) atoms. The van der Waals surface area contributed by atoms with Crippen molar-refractivity contribution in [3.05, 3.63) is 70.8 Å². The largest absolute Gasteiger partial charge is 0.206 e. The molecule has 0 radical (unpaired) electrons. The minimum absolute atomic E-state index is 0.0990. The molecule has 0 aromatic heterocycles. The lowest BCUT2D eigenvalue weighted by molar-refractivity contribution is 0.332. The van der Waals surface area contributed by atoms with E-state index in [0.717, 1.165) is 12.0 Å². The van der Waals surface area contributed by atoms with Crippen LogP contribution in [0.25, 0.3) is 11.4 Å². The first-order valence-electron chi connectivity index (χ1n) is 8.79. The highest BCUT2D eigenvalue weighted by Gasteiger charge is 2.37. The fourth-order valence-corrected chi connectivity index (χ4v) is 3.76. The maximum absolute atomic E-state index is 15.1. The summed E-state index contributed by atoms with van der Waals surface area (Å²) in [6.07, 6.45) is 2.31. The molecule has 0 unspecified atom stereocenters. The number of fused-ring (bicyclic) bond motifs is 1. The Balaban J connectivity index is 2.12. The van der Waals surface area contributed by atoms with E-state index in [0.29, 0.717) is 11.1 Å². The van der Waals surface area contributed by atoms with Gasteiger partial charge in [0.1, 0.15) is 5.83 Å². The van der Waals surface area contributed by atoms with Gasteiger partial charge in [0.05, 0.1) is 0 Å². The summed E-state index contributed by atoms with van der Waals surface area (Å²) in [5.41, 5.74) is 5.26. The molecular weight excluding hydrogens is 295 g/mol. The minimum Gasteiger partial charge on any atom is -0.206 e. The SMILES string of the molecule is CC(=C(F)c1ccc2c(c1)C(C)(C)CCC2(C)C)c1ccccc1. The summed E-state index contributed by atoms with van der Waals surface area (Å²) in [5, 5.41) is 0. The van der Waals surface area contributed by atoms with Gasteiger partial charge in [-0.2, -0.15) is 0 Å². The number of allylic oxidation sites excluding steroid dienone is 1. The molecule has 0 heterocycles. The van der Waals surface area contributed by atoms with Crippen LogP contribution in [0.15, 0.2) is 48.5 Å². The topological polar surface area (TPSA) is 0 Å². The zero-order valence-electron chi connectivity index (χ0n) is 15.4. The Hall–Kier alpha value is -1.89. The van der Waals surface area contributed by atoms with Crippen LogP contribution in [0.4, 0.5) is 4.39 Å². The van der Waals surface area contributed by atoms with Crippen molar-refractivity contribution < 1.29 is 4.39 Å². The first kappa shape index (κ1) is 17.0. The number of hydrogen-bond acceptors (Lipinski definition) is 0. The molecule has 0 N–H and O–H groups in total. The highest BCUT2D eigenvalue weighted by atomic mass is 19.1. The Morgan fingerprint density at radius 2 is 1.38 bits per heavy atom. The average Bonchev–Trinajstić information content (AvgIpc) is 2.58. The van der Waals surface area contributed by atoms with Crippen LogP contribution >= 0.6 is 0 Å². The molecule has 0 fully saturated rings. The Labute approximate surface area is 145 Å². The molecule has 1 aliphatic carbocycles. The van der Waals surface area contributed by atoms with Gasteiger partial charge in [-0.15, -0.1) is 0 Å². The summed E-state index contributed by atoms with van der Waals surface area (Å²) in [4.78, 5) is 0. The summed E-state index contributed by atoms with van der Waals surface area (Å²) in [7, 11) is 0. The van der Waals surface area contributed by atoms with E-state index in [1.807, 2.05) is 43.3 Å². The van der Waals surface area contributed by atoms with Gasteiger partial charge in [-0.1, -0.05) is 70.2 Å². The molecule has 2 aromatic carbocycles. The number of benzene rings is 2. The van der Waals surface area contributed by atoms with Crippen LogP contribution in [0, 0.1) is 0 Å². The number of hydrogen-bond donors (Lipinski definition) is 0. The monoisotopic (exact) mass is 322 g/mol. The van der Waals surface area contributed by atoms with Crippen molar-refractivity contribution in [3.8, 4) is 0 Å². The quantitative estimate of drug-likeness (QED) is 0.528. The predicted molar refractivity (Wildman–Crippen MR) is 102 cm³/mol. The standard InChI is InChI=1S/C23H27F/c1-16(17-9-7-6-8-10-17)21(24)18-11-12-19-20(15-18)23(4,5)14-13-22(19,2)3/h6-12,15H,13-14H2,1-5H3. The lowest BCUT2D eigenvalue weighted by atomic mass is 9.63. The van der Waals surface area contributed by atoms with Crippen LogP contribution in [0.2, 0.25) is 0 Å². The Morgan fingerprint density at radius 1 is 0.792 bits per heavy atom. The van der Waals surface area contributed by atoms with Crippen molar-refractivity contribution in [3.63, 3.8) is 0 Å². The van der Waals surface area contributed by atoms with Crippen LogP contribution < -0.4 is 0 Å². The van der Waals surface area contributed by atoms with Gasteiger partial charge in [0.15, 0.2) is 0 Å². The summed E-state index contributed by atoms with van der Waals surface area (Å²) in [5.74, 6) is -0.122. The van der Waals surface area contributed by atoms with Crippen LogP contribution in [-0.4, -0.2) is 0 Å². The molecule has 126 valence electrons. The van der Waals surface area contributed by atoms with E-state index in [1.54, 1.807) is 0 Å². The van der Waals surface area contributed by atoms with E-state index < -0.39 is 0 Å². The average molecular weight is 322 g/mol. The summed E-state index contributed by atoms with van der Waals surface area (Å²) in [6.45, 7) is 11.0. The second kappa shape index (κ2) is 5.88. The van der Waals surface area contributed by atoms with Crippen molar-refractivity contribution in [2.24, 2.45) is 0 Å². The molecule has 0 nitrogen and oxygen atoms in total. The van der Waals surface area contributed by atoms with Crippen molar-refractivity contribution in [2.45, 2.75) is 58.3 Å². The summed E-state index contributed by atoms with van der Waals surface area (Å²) in [6, 6.07) is 15.9. The van der Waals surface area contributed by atoms with Gasteiger partial charge >= 0.3 is 0 Å². The van der Waals surface area contributed by atoms with E-state index in [9.17, 15) is 0 Å². The predicted octanol–water partition coefficient (Wildman–Crippen LogP) is 6.89. The fraction of sp³-hybridized carbons (Fsp3) is 0.391. The van der Waals surface area contributed by atoms with Crippen molar-refractivity contribution in [1.29, 1.82) is 0 Å². The first-order valence-corrected chi connectivity index (χ1v) is 8.79. The van der Waals surface area contributed by atoms with E-state index in [1.165, 1.54) is 17.5 Å². The van der Waals surface area contributed by atoms with Crippen molar-refractivity contribution in [2.75, 3.05) is 0 Å². The third kappa shape index (κ3) is 2.92. The second-order valence-corrected chi connectivity index (χ2v) is 8.33. The van der Waals surface area contributed by atoms with Crippen LogP contribution in [-0.2, 0) is 10.8 Å². The lowest BCUT2D eigenvalue weighted by Crippen LogP contribution is -2.33. The third-order valence-corrected chi connectivity index (χ3v) is 5.64. The van der Waals surface area contributed by atoms with Gasteiger partial charge in [-0.05, 0) is 58.9 Å². The Morgan fingerprint density at radius 3 is 2.00 bits per heavy atom. The van der Waals surface area contributed by atoms with Gasteiger partial charge in [0.25, 0.3) is 0 Å². The first-order chi connectivity index (χ1) is 11.2. The number of rotatable bonds is 2. The Kier molecular flexibility index (Phi) is 4.15. The molecule has 0 aliphatic heterocycles. The smallest absolute Gasteiger partial charge is 0.133 e. The van der Waals surface area contributed by atoms with E-state index >= 15 is 4.39 Å². The van der Waals surface area contributed by atoms with Gasteiger partial charge in [0.2, 0.25) is 0 Å². The molecule has 0 saturated carbocycles. The van der Waals surface area contributed by atoms with Crippen LogP contribution in [0.5, 0.6) is 0 Å². The van der Waals surface area contributed by atoms with Crippen LogP contribution in [0.3, 0.4) is 0 Å². The molecular formula is C23H27F. The maximum atomic E-state index is 15.1. The highest BCUT2D eigenvalue weighted by molar-refractivity contribution is 5.86. The van der Waals surface area contributed by atoms with Crippen molar-refractivity contribution >= 4 is 11.4 Å². The molecule has 0 atom stereocenters. The normalized spacial score (nSPS) is 19.4. The summed E-state index contributed by atoms with van der Waals surface area (Å²) >= 11 is 0. The highest BCUT2D eigenvalue weighted by Crippen LogP contribution is 2.46. The van der Waals surface area contributed by atoms with Gasteiger partial charge < -0.3 is 0 Å². The Bertz CT molecular complexity index is 779. The zero-order valence-corrected chi connectivity index (χ0v) is 15.4. The molecule has 0 saturated heterocycles. The fourth-order valence-electron chi connectivity index (χ4n) is 3.76. The second-order valence-electron chi connectivity index (χ2n) is 8.33. The van der Waals surface area contributed by atoms with Crippen LogP contribution in [0.1, 0.15) is 69.7 Å². The molecule has 3 rings (SSSR count). The van der Waals surface area contributed by atoms with Gasteiger partial charge in [-0.25, -0.2) is 4.39 Å². The molecule has 1 aliphatic rings. The van der Waals surface area contributed by atoms with E-state index in [2.05, 4.69) is 39.8 Å². The van der Waals surface area contributed by atoms with Gasteiger partial charge in [0, 0.05) is 5.56 Å². The van der Waals surface area contributed by atoms with Crippen molar-refractivity contribution in [1.82, 2.24) is 0 Å². The molecule has 1 heteroatoms. The van der Waals surface area contributed by atoms with E-state index in [4.69, 9.17) is 0 Å². The molecule has 2 aromatic rings. The summed E-state index contributed by atoms with van der Waals surface area (Å²) < 4.78 is 15.1. The number of halogens is 1. The molecule has 0 amide bonds. The zero-order chi connectivity index (χ0) is 17.5. The van der Waals surface area contributed by atoms with Gasteiger partial charge in [-0.3, -0.25) is 0 Å².